The second-order valence-electron chi connectivity index (χ2n) is 4.74. The number of carboxylic acid groups (broad SMARTS) is 1. The van der Waals surface area contributed by atoms with E-state index in [4.69, 9.17) is 0 Å². The lowest BCUT2D eigenvalue weighted by molar-refractivity contribution is -0.161. The van der Waals surface area contributed by atoms with Gasteiger partial charge in [0.15, 0.2) is 0 Å². The molecule has 0 unspecified atom stereocenters. The van der Waals surface area contributed by atoms with Crippen LogP contribution in [0.2, 0.25) is 0 Å². The molecule has 8 heteroatoms. The van der Waals surface area contributed by atoms with Gasteiger partial charge in [0.05, 0.1) is 18.1 Å². The molecule has 3 N–H and O–H groups in total. The highest BCUT2D eigenvalue weighted by molar-refractivity contribution is 8.03. The number of nitrogens with zero attached hydrogens (tertiary/aromatic N) is 1. The fourth-order valence-electron chi connectivity index (χ4n) is 2.65. The fourth-order valence-corrected chi connectivity index (χ4v) is 3.73. The van der Waals surface area contributed by atoms with Crippen molar-refractivity contribution in [3.05, 3.63) is 10.6 Å². The third-order valence-electron chi connectivity index (χ3n) is 3.50. The molecule has 0 spiro atoms. The molecule has 1 fully saturated rings. The third-order valence-corrected chi connectivity index (χ3v) is 4.61. The van der Waals surface area contributed by atoms with Crippen molar-refractivity contribution in [2.45, 2.75) is 25.5 Å². The van der Waals surface area contributed by atoms with Crippen LogP contribution < -0.4 is 5.32 Å². The maximum absolute atomic E-state index is 11.9. The zero-order valence-electron chi connectivity index (χ0n) is 10.9. The van der Waals surface area contributed by atoms with Gasteiger partial charge in [-0.15, -0.1) is 11.8 Å². The summed E-state index contributed by atoms with van der Waals surface area (Å²) < 4.78 is 0. The maximum Gasteiger partial charge on any atom is 0.353 e. The zero-order chi connectivity index (χ0) is 14.9. The van der Waals surface area contributed by atoms with Crippen molar-refractivity contribution in [2.24, 2.45) is 5.92 Å². The Hall–Kier alpha value is -1.54. The van der Waals surface area contributed by atoms with Gasteiger partial charge < -0.3 is 20.4 Å². The van der Waals surface area contributed by atoms with Crippen LogP contribution in [-0.2, 0) is 14.4 Å². The summed E-state index contributed by atoms with van der Waals surface area (Å²) in [5, 5.41) is 21.3. The van der Waals surface area contributed by atoms with E-state index in [0.29, 0.717) is 30.0 Å². The van der Waals surface area contributed by atoms with Gasteiger partial charge in [-0.3, -0.25) is 9.59 Å². The molecule has 0 aromatic heterocycles. The maximum atomic E-state index is 11.9. The number of aliphatic carboxylic acids is 1. The summed E-state index contributed by atoms with van der Waals surface area (Å²) in [5.74, 6) is -1.44. The number of β-lactam (4-membered cyclic amide) rings is 1. The highest BCUT2D eigenvalue weighted by atomic mass is 32.2. The van der Waals surface area contributed by atoms with Gasteiger partial charge in [-0.1, -0.05) is 0 Å². The summed E-state index contributed by atoms with van der Waals surface area (Å²) >= 11 is 1.33. The second-order valence-corrected chi connectivity index (χ2v) is 5.93. The predicted molar refractivity (Wildman–Crippen MR) is 71.6 cm³/mol. The number of carboxylic acids is 1. The van der Waals surface area contributed by atoms with Crippen molar-refractivity contribution < 1.29 is 24.6 Å². The van der Waals surface area contributed by atoms with Gasteiger partial charge in [0, 0.05) is 23.6 Å². The molecule has 7 nitrogen and oxygen atoms in total. The normalized spacial score (nSPS) is 26.1. The number of amides is 2. The second kappa shape index (κ2) is 5.84. The number of hydrogen-bond acceptors (Lipinski definition) is 5. The highest BCUT2D eigenvalue weighted by Crippen LogP contribution is 2.46. The van der Waals surface area contributed by atoms with E-state index in [0.717, 1.165) is 0 Å². The molecule has 2 aliphatic heterocycles. The summed E-state index contributed by atoms with van der Waals surface area (Å²) in [6, 6.07) is -0.255. The molecule has 0 aromatic rings. The van der Waals surface area contributed by atoms with E-state index < -0.39 is 18.0 Å². The van der Waals surface area contributed by atoms with Gasteiger partial charge in [-0.05, 0) is 6.92 Å². The van der Waals surface area contributed by atoms with Crippen LogP contribution in [0.3, 0.4) is 0 Å². The van der Waals surface area contributed by atoms with Gasteiger partial charge in [0.1, 0.15) is 5.70 Å². The van der Waals surface area contributed by atoms with Crippen molar-refractivity contribution in [1.82, 2.24) is 10.2 Å². The third kappa shape index (κ3) is 2.40. The van der Waals surface area contributed by atoms with E-state index in [9.17, 15) is 24.6 Å². The summed E-state index contributed by atoms with van der Waals surface area (Å²) in [6.07, 6.45) is 0.260. The molecule has 0 bridgehead atoms. The molecule has 0 radical (unpaired) electrons. The van der Waals surface area contributed by atoms with Gasteiger partial charge in [0.2, 0.25) is 12.3 Å². The Morgan fingerprint density at radius 2 is 2.35 bits per heavy atom. The molecule has 3 atom stereocenters. The molecule has 1 saturated heterocycles. The molecule has 2 aliphatic rings. The molecular weight excluding hydrogens is 284 g/mol. The molecule has 0 aliphatic carbocycles. The molecule has 2 amide bonds. The average Bonchev–Trinajstić information content (AvgIpc) is 2.69. The number of rotatable bonds is 7. The van der Waals surface area contributed by atoms with E-state index >= 15 is 0 Å². The van der Waals surface area contributed by atoms with Crippen molar-refractivity contribution in [1.29, 1.82) is 0 Å². The number of fused-ring (bicyclic) bond motifs is 1. The van der Waals surface area contributed by atoms with Crippen LogP contribution in [0.25, 0.3) is 0 Å². The van der Waals surface area contributed by atoms with Crippen LogP contribution in [0.15, 0.2) is 10.6 Å². The Labute approximate surface area is 120 Å². The van der Waals surface area contributed by atoms with E-state index in [2.05, 4.69) is 5.32 Å². The van der Waals surface area contributed by atoms with E-state index in [1.54, 1.807) is 6.92 Å². The minimum Gasteiger partial charge on any atom is -0.477 e. The Morgan fingerprint density at radius 1 is 1.65 bits per heavy atom. The number of hydrogen-bond donors (Lipinski definition) is 3. The topological polar surface area (TPSA) is 107 Å². The predicted octanol–water partition coefficient (Wildman–Crippen LogP) is -0.627. The summed E-state index contributed by atoms with van der Waals surface area (Å²) in [4.78, 5) is 35.3. The lowest BCUT2D eigenvalue weighted by Gasteiger charge is -2.44. The number of thioether (sulfide) groups is 1. The Kier molecular flexibility index (Phi) is 4.34. The minimum absolute atomic E-state index is 0.0213. The standard InChI is InChI=1S/C12H16N2O5S/c1-6(16)9-7-4-8(20-3-2-13-5-15)10(12(18)19)14(7)11(9)17/h5-7,9,16H,2-4H2,1H3,(H,13,15)(H,18,19)/t6-,7-,9-/m1/s1. The van der Waals surface area contributed by atoms with Crippen LogP contribution in [0.5, 0.6) is 0 Å². The Balaban J connectivity index is 2.09. The van der Waals surface area contributed by atoms with Gasteiger partial charge in [-0.2, -0.15) is 0 Å². The van der Waals surface area contributed by atoms with Crippen LogP contribution in [-0.4, -0.2) is 57.8 Å². The van der Waals surface area contributed by atoms with E-state index in [1.807, 2.05) is 0 Å². The van der Waals surface area contributed by atoms with Crippen LogP contribution in [0.4, 0.5) is 0 Å². The SMILES string of the molecule is C[C@@H](O)[C@H]1C(=O)N2C(C(=O)O)=C(SCCNC=O)C[C@H]12. The van der Waals surface area contributed by atoms with Crippen LogP contribution >= 0.6 is 11.8 Å². The molecule has 20 heavy (non-hydrogen) atoms. The highest BCUT2D eigenvalue weighted by Gasteiger charge is 2.56. The fraction of sp³-hybridized carbons (Fsp3) is 0.583. The summed E-state index contributed by atoms with van der Waals surface area (Å²) in [5.41, 5.74) is 0.0213. The quantitative estimate of drug-likeness (QED) is 0.328. The molecule has 0 aromatic carbocycles. The van der Waals surface area contributed by atoms with Gasteiger partial charge >= 0.3 is 5.97 Å². The van der Waals surface area contributed by atoms with Gasteiger partial charge in [-0.25, -0.2) is 4.79 Å². The first-order valence-corrected chi connectivity index (χ1v) is 7.25. The molecule has 0 saturated carbocycles. The number of carbonyl (C=O) groups is 3. The minimum atomic E-state index is -1.13. The molecule has 2 rings (SSSR count). The smallest absolute Gasteiger partial charge is 0.353 e. The number of aliphatic hydroxyl groups is 1. The Bertz CT molecular complexity index is 476. The van der Waals surface area contributed by atoms with E-state index in [-0.39, 0.29) is 17.6 Å². The average molecular weight is 300 g/mol. The molecule has 110 valence electrons. The lowest BCUT2D eigenvalue weighted by Crippen LogP contribution is -2.61. The monoisotopic (exact) mass is 300 g/mol. The first-order chi connectivity index (χ1) is 9.49. The number of nitrogens with one attached hydrogen (secondary N) is 1. The Morgan fingerprint density at radius 3 is 2.90 bits per heavy atom. The zero-order valence-corrected chi connectivity index (χ0v) is 11.7. The van der Waals surface area contributed by atoms with Crippen molar-refractivity contribution >= 4 is 30.0 Å². The summed E-state index contributed by atoms with van der Waals surface area (Å²) in [7, 11) is 0. The first kappa shape index (κ1) is 14.9. The lowest BCUT2D eigenvalue weighted by atomic mass is 9.83. The van der Waals surface area contributed by atoms with Crippen LogP contribution in [0.1, 0.15) is 13.3 Å². The van der Waals surface area contributed by atoms with Crippen molar-refractivity contribution in [3.63, 3.8) is 0 Å². The molecular formula is C12H16N2O5S. The first-order valence-electron chi connectivity index (χ1n) is 6.26. The largest absolute Gasteiger partial charge is 0.477 e. The summed E-state index contributed by atoms with van der Waals surface area (Å²) in [6.45, 7) is 1.97. The van der Waals surface area contributed by atoms with Crippen LogP contribution in [0, 0.1) is 5.92 Å². The van der Waals surface area contributed by atoms with E-state index in [1.165, 1.54) is 16.7 Å². The number of aliphatic hydroxyl groups excluding tert-OH is 1. The van der Waals surface area contributed by atoms with Crippen molar-refractivity contribution in [2.75, 3.05) is 12.3 Å². The van der Waals surface area contributed by atoms with Gasteiger partial charge in [0.25, 0.3) is 0 Å². The molecule has 2 heterocycles. The number of carbonyl (C=O) groups excluding carboxylic acids is 2. The van der Waals surface area contributed by atoms with Crippen molar-refractivity contribution in [3.8, 4) is 0 Å².